The zero-order chi connectivity index (χ0) is 8.98. The number of hydrogen-bond donors (Lipinski definition) is 1. The van der Waals surface area contributed by atoms with E-state index in [0.29, 0.717) is 12.8 Å². The molecule has 0 unspecified atom stereocenters. The first-order valence-electron chi connectivity index (χ1n) is 3.92. The molecule has 1 spiro atoms. The van der Waals surface area contributed by atoms with Gasteiger partial charge in [0.2, 0.25) is 5.91 Å². The Morgan fingerprint density at radius 1 is 1.33 bits per heavy atom. The molecule has 2 N–H and O–H groups in total. The van der Waals surface area contributed by atoms with Gasteiger partial charge in [-0.1, -0.05) is 0 Å². The predicted molar refractivity (Wildman–Crippen MR) is 43.0 cm³/mol. The third kappa shape index (κ3) is 1.03. The molecule has 0 aromatic rings. The minimum Gasteiger partial charge on any atom is -0.369 e. The van der Waals surface area contributed by atoms with Crippen molar-refractivity contribution in [3.05, 3.63) is 0 Å². The van der Waals surface area contributed by atoms with Crippen molar-refractivity contribution in [2.24, 2.45) is 17.1 Å². The van der Waals surface area contributed by atoms with Gasteiger partial charge in [-0.2, -0.15) is 0 Å². The van der Waals surface area contributed by atoms with E-state index in [1.807, 2.05) is 0 Å². The molecule has 1 aliphatic carbocycles. The van der Waals surface area contributed by atoms with Crippen molar-refractivity contribution in [2.45, 2.75) is 12.8 Å². The Kier molecular flexibility index (Phi) is 1.35. The number of sulfone groups is 1. The molecular formula is C7H11NO3S. The average molecular weight is 189 g/mol. The molecule has 0 atom stereocenters. The average Bonchev–Trinajstić information content (AvgIpc) is 1.75. The van der Waals surface area contributed by atoms with Crippen molar-refractivity contribution in [3.63, 3.8) is 0 Å². The lowest BCUT2D eigenvalue weighted by Gasteiger charge is -2.51. The lowest BCUT2D eigenvalue weighted by molar-refractivity contribution is -0.128. The van der Waals surface area contributed by atoms with E-state index in [1.165, 1.54) is 0 Å². The first kappa shape index (κ1) is 8.04. The van der Waals surface area contributed by atoms with Crippen LogP contribution in [0.3, 0.4) is 0 Å². The zero-order valence-electron chi connectivity index (χ0n) is 6.62. The van der Waals surface area contributed by atoms with Gasteiger partial charge in [-0.15, -0.1) is 0 Å². The lowest BCUT2D eigenvalue weighted by Crippen LogP contribution is -2.58. The molecule has 1 amide bonds. The summed E-state index contributed by atoms with van der Waals surface area (Å²) < 4.78 is 21.7. The molecule has 12 heavy (non-hydrogen) atoms. The molecule has 0 aromatic carbocycles. The molecule has 0 radical (unpaired) electrons. The molecule has 5 heteroatoms. The van der Waals surface area contributed by atoms with Gasteiger partial charge < -0.3 is 5.73 Å². The molecule has 68 valence electrons. The molecule has 4 nitrogen and oxygen atoms in total. The highest BCUT2D eigenvalue weighted by Crippen LogP contribution is 2.52. The van der Waals surface area contributed by atoms with Crippen LogP contribution in [0.1, 0.15) is 12.8 Å². The highest BCUT2D eigenvalue weighted by Gasteiger charge is 2.57. The molecular weight excluding hydrogens is 178 g/mol. The molecule has 1 aliphatic heterocycles. The second kappa shape index (κ2) is 2.02. The summed E-state index contributed by atoms with van der Waals surface area (Å²) >= 11 is 0. The summed E-state index contributed by atoms with van der Waals surface area (Å²) in [7, 11) is -2.75. The van der Waals surface area contributed by atoms with Gasteiger partial charge in [0.15, 0.2) is 9.84 Å². The number of primary amides is 1. The van der Waals surface area contributed by atoms with Crippen molar-refractivity contribution >= 4 is 15.7 Å². The Balaban J connectivity index is 1.95. The van der Waals surface area contributed by atoms with Crippen LogP contribution in [0.25, 0.3) is 0 Å². The fourth-order valence-electron chi connectivity index (χ4n) is 2.31. The van der Waals surface area contributed by atoms with E-state index in [0.717, 1.165) is 0 Å². The van der Waals surface area contributed by atoms with Crippen molar-refractivity contribution in [2.75, 3.05) is 11.5 Å². The third-order valence-corrected chi connectivity index (χ3v) is 4.92. The number of carbonyl (C=O) groups is 1. The van der Waals surface area contributed by atoms with Gasteiger partial charge >= 0.3 is 0 Å². The van der Waals surface area contributed by atoms with Crippen molar-refractivity contribution < 1.29 is 13.2 Å². The minimum absolute atomic E-state index is 0.0570. The van der Waals surface area contributed by atoms with E-state index in [1.54, 1.807) is 0 Å². The summed E-state index contributed by atoms with van der Waals surface area (Å²) in [5.41, 5.74) is 5.02. The van der Waals surface area contributed by atoms with E-state index < -0.39 is 9.84 Å². The van der Waals surface area contributed by atoms with Crippen molar-refractivity contribution in [3.8, 4) is 0 Å². The molecule has 2 rings (SSSR count). The second-order valence-corrected chi connectivity index (χ2v) is 6.10. The summed E-state index contributed by atoms with van der Waals surface area (Å²) in [5, 5.41) is 0. The van der Waals surface area contributed by atoms with Gasteiger partial charge in [0.25, 0.3) is 0 Å². The normalized spacial score (nSPS) is 30.7. The van der Waals surface area contributed by atoms with Gasteiger partial charge in [0, 0.05) is 5.92 Å². The van der Waals surface area contributed by atoms with Gasteiger partial charge in [0.1, 0.15) is 0 Å². The maximum absolute atomic E-state index is 10.9. The van der Waals surface area contributed by atoms with Gasteiger partial charge in [-0.05, 0) is 18.3 Å². The van der Waals surface area contributed by atoms with Crippen LogP contribution in [0.5, 0.6) is 0 Å². The molecule has 0 aromatic heterocycles. The van der Waals surface area contributed by atoms with Crippen LogP contribution in [0, 0.1) is 11.3 Å². The quantitative estimate of drug-likeness (QED) is 0.592. The van der Waals surface area contributed by atoms with E-state index >= 15 is 0 Å². The van der Waals surface area contributed by atoms with E-state index in [4.69, 9.17) is 5.73 Å². The highest BCUT2D eigenvalue weighted by molar-refractivity contribution is 7.92. The summed E-state index contributed by atoms with van der Waals surface area (Å²) in [6.07, 6.45) is 1.36. The van der Waals surface area contributed by atoms with Crippen LogP contribution in [0.4, 0.5) is 0 Å². The van der Waals surface area contributed by atoms with Crippen LogP contribution in [-0.4, -0.2) is 25.8 Å². The molecule has 1 saturated carbocycles. The van der Waals surface area contributed by atoms with Gasteiger partial charge in [0.05, 0.1) is 11.5 Å². The Bertz CT molecular complexity index is 313. The monoisotopic (exact) mass is 189 g/mol. The van der Waals surface area contributed by atoms with Crippen LogP contribution in [0.2, 0.25) is 0 Å². The Hall–Kier alpha value is -0.580. The molecule has 2 aliphatic rings. The smallest absolute Gasteiger partial charge is 0.220 e. The second-order valence-electron chi connectivity index (χ2n) is 4.04. The Morgan fingerprint density at radius 3 is 2.17 bits per heavy atom. The van der Waals surface area contributed by atoms with Crippen LogP contribution >= 0.6 is 0 Å². The molecule has 1 saturated heterocycles. The number of nitrogens with two attached hydrogens (primary N) is 1. The summed E-state index contributed by atoms with van der Waals surface area (Å²) in [6.45, 7) is 0. The molecule has 1 heterocycles. The van der Waals surface area contributed by atoms with Crippen molar-refractivity contribution in [1.29, 1.82) is 0 Å². The van der Waals surface area contributed by atoms with Crippen LogP contribution in [-0.2, 0) is 14.6 Å². The van der Waals surface area contributed by atoms with Crippen molar-refractivity contribution in [1.82, 2.24) is 0 Å². The lowest BCUT2D eigenvalue weighted by atomic mass is 9.63. The standard InChI is InChI=1S/C7H11NO3S/c8-6(9)5-1-7(2-5)3-12(10,11)4-7/h5H,1-4H2,(H2,8,9). The highest BCUT2D eigenvalue weighted by atomic mass is 32.2. The zero-order valence-corrected chi connectivity index (χ0v) is 7.43. The number of carbonyl (C=O) groups excluding carboxylic acids is 1. The summed E-state index contributed by atoms with van der Waals surface area (Å²) in [5.74, 6) is 0.179. The van der Waals surface area contributed by atoms with E-state index in [-0.39, 0.29) is 28.7 Å². The fraction of sp³-hybridized carbons (Fsp3) is 0.857. The van der Waals surface area contributed by atoms with E-state index in [2.05, 4.69) is 0 Å². The third-order valence-electron chi connectivity index (χ3n) is 2.81. The predicted octanol–water partition coefficient (Wildman–Crippen LogP) is -0.704. The fourth-order valence-corrected chi connectivity index (χ4v) is 4.57. The number of hydrogen-bond acceptors (Lipinski definition) is 3. The summed E-state index contributed by atoms with van der Waals surface area (Å²) in [4.78, 5) is 10.6. The van der Waals surface area contributed by atoms with Gasteiger partial charge in [-0.3, -0.25) is 4.79 Å². The van der Waals surface area contributed by atoms with E-state index in [9.17, 15) is 13.2 Å². The summed E-state index contributed by atoms with van der Waals surface area (Å²) in [6, 6.07) is 0. The first-order valence-corrected chi connectivity index (χ1v) is 5.74. The molecule has 2 fully saturated rings. The maximum atomic E-state index is 10.9. The number of rotatable bonds is 1. The Morgan fingerprint density at radius 2 is 1.83 bits per heavy atom. The Labute approximate surface area is 71.0 Å². The van der Waals surface area contributed by atoms with Crippen LogP contribution in [0.15, 0.2) is 0 Å². The van der Waals surface area contributed by atoms with Crippen LogP contribution < -0.4 is 5.73 Å². The SMILES string of the molecule is NC(=O)C1CC2(C1)CS(=O)(=O)C2. The molecule has 0 bridgehead atoms. The minimum atomic E-state index is -2.75. The topological polar surface area (TPSA) is 77.2 Å². The maximum Gasteiger partial charge on any atom is 0.220 e. The number of amides is 1. The first-order chi connectivity index (χ1) is 5.43. The largest absolute Gasteiger partial charge is 0.369 e. The van der Waals surface area contributed by atoms with Gasteiger partial charge in [-0.25, -0.2) is 8.42 Å².